The fraction of sp³-hybridized carbons (Fsp3) is 0.357. The van der Waals surface area contributed by atoms with Crippen LogP contribution in [0.25, 0.3) is 0 Å². The van der Waals surface area contributed by atoms with Gasteiger partial charge in [0.05, 0.1) is 0 Å². The SMILES string of the molecule is CC(C)(C)OC(=O)C(NC(=O)c1ccc(N)cc1)C(=O)O. The van der Waals surface area contributed by atoms with Crippen LogP contribution in [0, 0.1) is 0 Å². The predicted molar refractivity (Wildman–Crippen MR) is 75.6 cm³/mol. The standard InChI is InChI=1S/C14H18N2O5/c1-14(2,3)21-13(20)10(12(18)19)16-11(17)8-4-6-9(15)7-5-8/h4-7,10H,15H2,1-3H3,(H,16,17)(H,18,19). The lowest BCUT2D eigenvalue weighted by molar-refractivity contribution is -0.162. The molecule has 0 fully saturated rings. The Morgan fingerprint density at radius 3 is 2.14 bits per heavy atom. The zero-order chi connectivity index (χ0) is 16.2. The van der Waals surface area contributed by atoms with Crippen molar-refractivity contribution in [3.8, 4) is 0 Å². The maximum Gasteiger partial charge on any atom is 0.340 e. The van der Waals surface area contributed by atoms with Crippen molar-refractivity contribution in [1.29, 1.82) is 0 Å². The average Bonchev–Trinajstić information content (AvgIpc) is 2.33. The van der Waals surface area contributed by atoms with E-state index >= 15 is 0 Å². The van der Waals surface area contributed by atoms with Crippen LogP contribution in [-0.4, -0.2) is 34.6 Å². The van der Waals surface area contributed by atoms with Crippen LogP contribution in [-0.2, 0) is 14.3 Å². The topological polar surface area (TPSA) is 119 Å². The number of nitrogens with one attached hydrogen (secondary N) is 1. The number of ether oxygens (including phenoxy) is 1. The maximum atomic E-state index is 11.9. The van der Waals surface area contributed by atoms with Gasteiger partial charge in [-0.1, -0.05) is 0 Å². The predicted octanol–water partition coefficient (Wildman–Crippen LogP) is 0.793. The van der Waals surface area contributed by atoms with Gasteiger partial charge in [0.25, 0.3) is 5.91 Å². The number of carboxylic acid groups (broad SMARTS) is 1. The van der Waals surface area contributed by atoms with Gasteiger partial charge in [0.1, 0.15) is 5.60 Å². The summed E-state index contributed by atoms with van der Waals surface area (Å²) < 4.78 is 4.96. The van der Waals surface area contributed by atoms with Crippen LogP contribution in [0.3, 0.4) is 0 Å². The van der Waals surface area contributed by atoms with E-state index in [-0.39, 0.29) is 5.56 Å². The number of benzene rings is 1. The van der Waals surface area contributed by atoms with Crippen molar-refractivity contribution in [2.45, 2.75) is 32.4 Å². The van der Waals surface area contributed by atoms with Gasteiger partial charge >= 0.3 is 11.9 Å². The molecule has 1 atom stereocenters. The minimum atomic E-state index is -1.77. The van der Waals surface area contributed by atoms with E-state index in [1.165, 1.54) is 24.3 Å². The molecule has 1 amide bonds. The number of nitrogens with two attached hydrogens (primary N) is 1. The molecule has 0 aliphatic carbocycles. The molecule has 1 aromatic rings. The van der Waals surface area contributed by atoms with Crippen molar-refractivity contribution in [3.05, 3.63) is 29.8 Å². The lowest BCUT2D eigenvalue weighted by Gasteiger charge is -2.22. The molecule has 7 heteroatoms. The van der Waals surface area contributed by atoms with E-state index in [4.69, 9.17) is 15.6 Å². The molecule has 1 aromatic carbocycles. The second kappa shape index (κ2) is 6.25. The smallest absolute Gasteiger partial charge is 0.340 e. The van der Waals surface area contributed by atoms with Gasteiger partial charge in [-0.15, -0.1) is 0 Å². The average molecular weight is 294 g/mol. The van der Waals surface area contributed by atoms with Crippen molar-refractivity contribution >= 4 is 23.5 Å². The highest BCUT2D eigenvalue weighted by molar-refractivity contribution is 6.05. The number of hydrogen-bond acceptors (Lipinski definition) is 5. The minimum Gasteiger partial charge on any atom is -0.479 e. The van der Waals surface area contributed by atoms with Crippen molar-refractivity contribution in [3.63, 3.8) is 0 Å². The Labute approximate surface area is 122 Å². The number of anilines is 1. The number of hydrogen-bond donors (Lipinski definition) is 3. The number of carbonyl (C=O) groups is 3. The summed E-state index contributed by atoms with van der Waals surface area (Å²) in [6.45, 7) is 4.81. The van der Waals surface area contributed by atoms with Crippen LogP contribution >= 0.6 is 0 Å². The quantitative estimate of drug-likeness (QED) is 0.429. The Hall–Kier alpha value is -2.57. The van der Waals surface area contributed by atoms with E-state index in [0.717, 1.165) is 0 Å². The molecule has 7 nitrogen and oxygen atoms in total. The van der Waals surface area contributed by atoms with Crippen LogP contribution in [0.15, 0.2) is 24.3 Å². The van der Waals surface area contributed by atoms with Gasteiger partial charge in [0.2, 0.25) is 6.04 Å². The fourth-order valence-electron chi connectivity index (χ4n) is 1.43. The van der Waals surface area contributed by atoms with Gasteiger partial charge in [0, 0.05) is 11.3 Å². The normalized spacial score (nSPS) is 12.3. The number of esters is 1. The maximum absolute atomic E-state index is 11.9. The van der Waals surface area contributed by atoms with E-state index in [1.54, 1.807) is 20.8 Å². The number of rotatable bonds is 4. The molecule has 0 spiro atoms. The summed E-state index contributed by atoms with van der Waals surface area (Å²) in [5.74, 6) is -3.22. The molecular formula is C14H18N2O5. The monoisotopic (exact) mass is 294 g/mol. The summed E-state index contributed by atoms with van der Waals surface area (Å²) in [7, 11) is 0. The van der Waals surface area contributed by atoms with Gasteiger partial charge in [-0.2, -0.15) is 0 Å². The van der Waals surface area contributed by atoms with Gasteiger partial charge in [0.15, 0.2) is 0 Å². The first kappa shape index (κ1) is 16.5. The third-order valence-corrected chi connectivity index (χ3v) is 2.34. The molecule has 0 heterocycles. The molecule has 1 unspecified atom stereocenters. The highest BCUT2D eigenvalue weighted by Gasteiger charge is 2.32. The van der Waals surface area contributed by atoms with Crippen LogP contribution in [0.4, 0.5) is 5.69 Å². The van der Waals surface area contributed by atoms with Crippen molar-refractivity contribution in [2.24, 2.45) is 0 Å². The van der Waals surface area contributed by atoms with E-state index in [1.807, 2.05) is 0 Å². The third kappa shape index (κ3) is 5.13. The second-order valence-corrected chi connectivity index (χ2v) is 5.40. The first-order valence-corrected chi connectivity index (χ1v) is 6.22. The van der Waals surface area contributed by atoms with Crippen molar-refractivity contribution in [2.75, 3.05) is 5.73 Å². The molecule has 1 rings (SSSR count). The fourth-order valence-corrected chi connectivity index (χ4v) is 1.43. The summed E-state index contributed by atoms with van der Waals surface area (Å²) in [5, 5.41) is 11.2. The summed E-state index contributed by atoms with van der Waals surface area (Å²) in [6, 6.07) is 4.09. The Kier molecular flexibility index (Phi) is 4.91. The summed E-state index contributed by atoms with van der Waals surface area (Å²) >= 11 is 0. The van der Waals surface area contributed by atoms with E-state index < -0.39 is 29.5 Å². The van der Waals surface area contributed by atoms with Crippen molar-refractivity contribution in [1.82, 2.24) is 5.32 Å². The van der Waals surface area contributed by atoms with Gasteiger partial charge < -0.3 is 20.9 Å². The highest BCUT2D eigenvalue weighted by Crippen LogP contribution is 2.10. The molecule has 114 valence electrons. The largest absolute Gasteiger partial charge is 0.479 e. The molecule has 0 saturated carbocycles. The van der Waals surface area contributed by atoms with Crippen LogP contribution in [0.5, 0.6) is 0 Å². The van der Waals surface area contributed by atoms with Crippen LogP contribution in [0.2, 0.25) is 0 Å². The summed E-state index contributed by atoms with van der Waals surface area (Å²) in [4.78, 5) is 34.8. The minimum absolute atomic E-state index is 0.194. The zero-order valence-electron chi connectivity index (χ0n) is 12.0. The summed E-state index contributed by atoms with van der Waals surface area (Å²) in [5.41, 5.74) is 5.30. The van der Waals surface area contributed by atoms with Crippen molar-refractivity contribution < 1.29 is 24.2 Å². The highest BCUT2D eigenvalue weighted by atomic mass is 16.6. The second-order valence-electron chi connectivity index (χ2n) is 5.40. The molecule has 0 aliphatic rings. The number of carboxylic acids is 1. The first-order chi connectivity index (χ1) is 9.60. The number of nitrogen functional groups attached to an aromatic ring is 1. The number of amides is 1. The lowest BCUT2D eigenvalue weighted by atomic mass is 10.1. The van der Waals surface area contributed by atoms with Gasteiger partial charge in [-0.25, -0.2) is 9.59 Å². The molecule has 0 radical (unpaired) electrons. The van der Waals surface area contributed by atoms with Gasteiger partial charge in [-0.3, -0.25) is 4.79 Å². The third-order valence-electron chi connectivity index (χ3n) is 2.34. The molecule has 0 bridgehead atoms. The lowest BCUT2D eigenvalue weighted by Crippen LogP contribution is -2.49. The number of aliphatic carboxylic acids is 1. The Bertz CT molecular complexity index is 545. The molecule has 21 heavy (non-hydrogen) atoms. The summed E-state index contributed by atoms with van der Waals surface area (Å²) in [6.07, 6.45) is 0. The molecule has 0 aromatic heterocycles. The molecule has 0 saturated heterocycles. The molecule has 4 N–H and O–H groups in total. The Morgan fingerprint density at radius 1 is 1.19 bits per heavy atom. The first-order valence-electron chi connectivity index (χ1n) is 6.22. The van der Waals surface area contributed by atoms with Crippen LogP contribution in [0.1, 0.15) is 31.1 Å². The Morgan fingerprint density at radius 2 is 1.71 bits per heavy atom. The van der Waals surface area contributed by atoms with Gasteiger partial charge in [-0.05, 0) is 45.0 Å². The van der Waals surface area contributed by atoms with Crippen LogP contribution < -0.4 is 11.1 Å². The van der Waals surface area contributed by atoms with E-state index in [9.17, 15) is 14.4 Å². The molecule has 0 aliphatic heterocycles. The number of carbonyl (C=O) groups excluding carboxylic acids is 2. The zero-order valence-corrected chi connectivity index (χ0v) is 12.0. The van der Waals surface area contributed by atoms with E-state index in [0.29, 0.717) is 5.69 Å². The Balaban J connectivity index is 2.83. The van der Waals surface area contributed by atoms with E-state index in [2.05, 4.69) is 5.32 Å². The molecular weight excluding hydrogens is 276 g/mol.